The lowest BCUT2D eigenvalue weighted by Crippen LogP contribution is -2.41. The molecule has 23 heavy (non-hydrogen) atoms. The zero-order valence-electron chi connectivity index (χ0n) is 15.3. The summed E-state index contributed by atoms with van der Waals surface area (Å²) in [7, 11) is 1.74. The summed E-state index contributed by atoms with van der Waals surface area (Å²) in [4.78, 5) is 12.2. The molecule has 2 nitrogen and oxygen atoms in total. The fourth-order valence-corrected chi connectivity index (χ4v) is 6.24. The molecule has 3 rings (SSSR count). The molecule has 0 saturated heterocycles. The Morgan fingerprint density at radius 3 is 2.83 bits per heavy atom. The van der Waals surface area contributed by atoms with Crippen molar-refractivity contribution in [3.8, 4) is 0 Å². The van der Waals surface area contributed by atoms with E-state index < -0.39 is 0 Å². The van der Waals surface area contributed by atoms with Crippen LogP contribution in [0.3, 0.4) is 0 Å². The van der Waals surface area contributed by atoms with Crippen molar-refractivity contribution in [3.05, 3.63) is 0 Å². The molecule has 2 heteroatoms. The molecular weight excluding hydrogens is 284 g/mol. The first-order chi connectivity index (χ1) is 11.1. The van der Waals surface area contributed by atoms with Gasteiger partial charge < -0.3 is 4.74 Å². The number of methoxy groups -OCH3 is 1. The Kier molecular flexibility index (Phi) is 5.82. The van der Waals surface area contributed by atoms with Crippen LogP contribution in [0.5, 0.6) is 0 Å². The van der Waals surface area contributed by atoms with Gasteiger partial charge in [-0.2, -0.15) is 0 Å². The second-order valence-corrected chi connectivity index (χ2v) is 8.99. The molecule has 0 radical (unpaired) electrons. The van der Waals surface area contributed by atoms with E-state index in [-0.39, 0.29) is 0 Å². The molecule has 0 aromatic rings. The van der Waals surface area contributed by atoms with Crippen LogP contribution in [0.15, 0.2) is 0 Å². The smallest absolute Gasteiger partial charge is 0.133 e. The first-order valence-electron chi connectivity index (χ1n) is 10.1. The first kappa shape index (κ1) is 17.5. The van der Waals surface area contributed by atoms with Crippen LogP contribution in [0.1, 0.15) is 84.0 Å². The minimum Gasteiger partial charge on any atom is -0.385 e. The van der Waals surface area contributed by atoms with E-state index in [1.54, 1.807) is 7.11 Å². The van der Waals surface area contributed by atoms with Gasteiger partial charge in [-0.3, -0.25) is 4.79 Å². The lowest BCUT2D eigenvalue weighted by molar-refractivity contribution is -0.121. The van der Waals surface area contributed by atoms with Crippen LogP contribution in [-0.2, 0) is 9.53 Å². The summed E-state index contributed by atoms with van der Waals surface area (Å²) < 4.78 is 5.06. The summed E-state index contributed by atoms with van der Waals surface area (Å²) in [5.74, 6) is 4.13. The van der Waals surface area contributed by atoms with Crippen molar-refractivity contribution in [1.29, 1.82) is 0 Å². The normalized spacial score (nSPS) is 39.7. The van der Waals surface area contributed by atoms with Crippen molar-refractivity contribution in [2.75, 3.05) is 13.7 Å². The monoisotopic (exact) mass is 320 g/mol. The van der Waals surface area contributed by atoms with Gasteiger partial charge in [-0.15, -0.1) is 0 Å². The number of rotatable bonds is 7. The van der Waals surface area contributed by atoms with Crippen molar-refractivity contribution in [3.63, 3.8) is 0 Å². The highest BCUT2D eigenvalue weighted by atomic mass is 16.5. The molecule has 0 bridgehead atoms. The molecule has 0 spiro atoms. The van der Waals surface area contributed by atoms with Gasteiger partial charge in [0, 0.05) is 26.6 Å². The summed E-state index contributed by atoms with van der Waals surface area (Å²) in [6.45, 7) is 3.36. The highest BCUT2D eigenvalue weighted by molar-refractivity contribution is 5.78. The summed E-state index contributed by atoms with van der Waals surface area (Å²) in [5.41, 5.74) is 0.672. The minimum atomic E-state index is 0.506. The van der Waals surface area contributed by atoms with Crippen LogP contribution < -0.4 is 0 Å². The number of carbonyl (C=O) groups is 1. The number of unbranched alkanes of at least 4 members (excludes halogenated alkanes) is 1. The topological polar surface area (TPSA) is 26.3 Å². The number of fused-ring (bicyclic) bond motifs is 3. The maximum atomic E-state index is 12.2. The molecule has 0 N–H and O–H groups in total. The van der Waals surface area contributed by atoms with Gasteiger partial charge in [-0.1, -0.05) is 13.3 Å². The maximum absolute atomic E-state index is 12.2. The van der Waals surface area contributed by atoms with Crippen molar-refractivity contribution >= 4 is 5.78 Å². The average Bonchev–Trinajstić information content (AvgIpc) is 2.93. The molecule has 0 amide bonds. The van der Waals surface area contributed by atoms with Gasteiger partial charge in [-0.25, -0.2) is 0 Å². The molecule has 0 heterocycles. The molecule has 0 unspecified atom stereocenters. The Morgan fingerprint density at radius 1 is 1.13 bits per heavy atom. The summed E-state index contributed by atoms with van der Waals surface area (Å²) in [6.07, 6.45) is 15.1. The van der Waals surface area contributed by atoms with Crippen molar-refractivity contribution in [1.82, 2.24) is 0 Å². The van der Waals surface area contributed by atoms with E-state index in [1.165, 1.54) is 51.4 Å². The van der Waals surface area contributed by atoms with E-state index >= 15 is 0 Å². The van der Waals surface area contributed by atoms with Gasteiger partial charge in [0.25, 0.3) is 0 Å². The zero-order chi connectivity index (χ0) is 16.3. The third-order valence-corrected chi connectivity index (χ3v) is 7.48. The number of ether oxygens (including phenoxy) is 1. The van der Waals surface area contributed by atoms with Crippen molar-refractivity contribution < 1.29 is 9.53 Å². The molecule has 0 aliphatic heterocycles. The van der Waals surface area contributed by atoms with Crippen molar-refractivity contribution in [2.24, 2.45) is 29.1 Å². The average molecular weight is 321 g/mol. The molecule has 5 atom stereocenters. The Balaban J connectivity index is 1.45. The van der Waals surface area contributed by atoms with E-state index in [2.05, 4.69) is 6.92 Å². The molecule has 3 aliphatic rings. The highest BCUT2D eigenvalue weighted by Gasteiger charge is 2.50. The van der Waals surface area contributed by atoms with Gasteiger partial charge in [0.2, 0.25) is 0 Å². The van der Waals surface area contributed by atoms with Crippen LogP contribution in [0.4, 0.5) is 0 Å². The van der Waals surface area contributed by atoms with Crippen LogP contribution >= 0.6 is 0 Å². The summed E-state index contributed by atoms with van der Waals surface area (Å²) >= 11 is 0. The molecule has 3 aliphatic carbocycles. The third-order valence-electron chi connectivity index (χ3n) is 7.48. The van der Waals surface area contributed by atoms with E-state index in [4.69, 9.17) is 4.74 Å². The van der Waals surface area contributed by atoms with Gasteiger partial charge in [-0.05, 0) is 86.9 Å². The number of hydrogen-bond donors (Lipinski definition) is 0. The van der Waals surface area contributed by atoms with Crippen LogP contribution in [0.2, 0.25) is 0 Å². The molecule has 0 aromatic heterocycles. The summed E-state index contributed by atoms with van der Waals surface area (Å²) in [6, 6.07) is 0. The highest BCUT2D eigenvalue weighted by Crippen LogP contribution is 2.59. The van der Waals surface area contributed by atoms with E-state index in [1.807, 2.05) is 0 Å². The Morgan fingerprint density at radius 2 is 2.00 bits per heavy atom. The fourth-order valence-electron chi connectivity index (χ4n) is 6.24. The molecule has 132 valence electrons. The standard InChI is InChI=1S/C21H36O2/c1-21-11-5-7-20(21)19-9-8-16(14-17(19)10-12-21)15-18(22)6-3-4-13-23-2/h16-17,19-20H,3-15H2,1-2H3/t16-,17+,19+,20-,21-/m0/s1. The minimum absolute atomic E-state index is 0.506. The molecular formula is C21H36O2. The van der Waals surface area contributed by atoms with Gasteiger partial charge in [0.15, 0.2) is 0 Å². The third kappa shape index (κ3) is 4.00. The zero-order valence-corrected chi connectivity index (χ0v) is 15.3. The Labute approximate surface area is 142 Å². The molecule has 3 saturated carbocycles. The van der Waals surface area contributed by atoms with Gasteiger partial charge in [0.05, 0.1) is 0 Å². The SMILES string of the molecule is COCCCCC(=O)C[C@H]1CC[C@@H]2[C@H](CC[C@]3(C)CCC[C@@H]23)C1. The first-order valence-corrected chi connectivity index (χ1v) is 10.1. The lowest BCUT2D eigenvalue weighted by atomic mass is 9.55. The van der Waals surface area contributed by atoms with E-state index in [0.29, 0.717) is 17.1 Å². The second kappa shape index (κ2) is 7.68. The van der Waals surface area contributed by atoms with Gasteiger partial charge >= 0.3 is 0 Å². The Bertz CT molecular complexity index is 405. The number of carbonyl (C=O) groups excluding carboxylic acids is 1. The molecule has 3 fully saturated rings. The van der Waals surface area contributed by atoms with Crippen molar-refractivity contribution in [2.45, 2.75) is 84.0 Å². The van der Waals surface area contributed by atoms with Crippen LogP contribution in [0.25, 0.3) is 0 Å². The Hall–Kier alpha value is -0.370. The maximum Gasteiger partial charge on any atom is 0.133 e. The second-order valence-electron chi connectivity index (χ2n) is 8.99. The largest absolute Gasteiger partial charge is 0.385 e. The van der Waals surface area contributed by atoms with Crippen LogP contribution in [0, 0.1) is 29.1 Å². The molecule has 0 aromatic carbocycles. The summed E-state index contributed by atoms with van der Waals surface area (Å²) in [5, 5.41) is 0. The van der Waals surface area contributed by atoms with Crippen LogP contribution in [-0.4, -0.2) is 19.5 Å². The number of ketones is 1. The van der Waals surface area contributed by atoms with Gasteiger partial charge in [0.1, 0.15) is 5.78 Å². The predicted octanol–water partition coefficient (Wildman–Crippen LogP) is 5.40. The lowest BCUT2D eigenvalue weighted by Gasteiger charge is -2.50. The fraction of sp³-hybridized carbons (Fsp3) is 0.952. The quantitative estimate of drug-likeness (QED) is 0.587. The van der Waals surface area contributed by atoms with E-state index in [9.17, 15) is 4.79 Å². The van der Waals surface area contributed by atoms with E-state index in [0.717, 1.165) is 50.0 Å². The number of Topliss-reactive ketones (excluding diaryl/α,β-unsaturated/α-hetero) is 1. The predicted molar refractivity (Wildman–Crippen MR) is 94.4 cm³/mol. The number of hydrogen-bond acceptors (Lipinski definition) is 2.